The number of rotatable bonds is 5. The third-order valence-corrected chi connectivity index (χ3v) is 4.43. The van der Waals surface area contributed by atoms with Crippen LogP contribution in [0.15, 0.2) is 18.2 Å². The van der Waals surface area contributed by atoms with Gasteiger partial charge in [0.15, 0.2) is 11.5 Å². The largest absolute Gasteiger partial charge is 0.493 e. The first-order chi connectivity index (χ1) is 10.2. The van der Waals surface area contributed by atoms with Gasteiger partial charge in [-0.25, -0.2) is 0 Å². The van der Waals surface area contributed by atoms with Crippen molar-refractivity contribution in [2.75, 3.05) is 33.2 Å². The van der Waals surface area contributed by atoms with E-state index in [1.54, 1.807) is 14.2 Å². The Labute approximate surface area is 131 Å². The first kappa shape index (κ1) is 16.0. The molecule has 0 N–H and O–H groups in total. The summed E-state index contributed by atoms with van der Waals surface area (Å²) in [4.78, 5) is 14.3. The summed E-state index contributed by atoms with van der Waals surface area (Å²) in [6, 6.07) is 5.61. The highest BCUT2D eigenvalue weighted by molar-refractivity contribution is 6.18. The van der Waals surface area contributed by atoms with E-state index in [0.717, 1.165) is 31.5 Å². The van der Waals surface area contributed by atoms with E-state index in [1.165, 1.54) is 0 Å². The molecule has 0 unspecified atom stereocenters. The molecular weight excluding hydrogens is 290 g/mol. The lowest BCUT2D eigenvalue weighted by atomic mass is 9.98. The number of halogens is 1. The number of methoxy groups -OCH3 is 2. The van der Waals surface area contributed by atoms with E-state index in [9.17, 15) is 4.79 Å². The molecule has 1 aromatic carbocycles. The second-order valence-corrected chi connectivity index (χ2v) is 5.65. The van der Waals surface area contributed by atoms with Gasteiger partial charge in [0.1, 0.15) is 0 Å². The van der Waals surface area contributed by atoms with Crippen molar-refractivity contribution in [1.29, 1.82) is 0 Å². The van der Waals surface area contributed by atoms with Crippen LogP contribution in [-0.2, 0) is 11.2 Å². The molecule has 1 aromatic rings. The van der Waals surface area contributed by atoms with Gasteiger partial charge in [0.2, 0.25) is 5.91 Å². The zero-order valence-electron chi connectivity index (χ0n) is 12.6. The smallest absolute Gasteiger partial charge is 0.226 e. The molecule has 1 fully saturated rings. The van der Waals surface area contributed by atoms with Crippen LogP contribution in [0.5, 0.6) is 11.5 Å². The summed E-state index contributed by atoms with van der Waals surface area (Å²) in [5.41, 5.74) is 0.942. The number of likely N-dealkylation sites (tertiary alicyclic amines) is 1. The van der Waals surface area contributed by atoms with E-state index in [-0.39, 0.29) is 5.91 Å². The van der Waals surface area contributed by atoms with Crippen LogP contribution in [0.3, 0.4) is 0 Å². The van der Waals surface area contributed by atoms with Crippen LogP contribution in [0.25, 0.3) is 0 Å². The minimum atomic E-state index is 0.162. The number of hydrogen-bond donors (Lipinski definition) is 0. The molecule has 2 rings (SSSR count). The van der Waals surface area contributed by atoms with Gasteiger partial charge in [-0.1, -0.05) is 6.07 Å². The molecule has 1 saturated heterocycles. The van der Waals surface area contributed by atoms with Crippen molar-refractivity contribution in [3.8, 4) is 11.5 Å². The normalized spacial score (nSPS) is 15.9. The number of carbonyl (C=O) groups excluding carboxylic acids is 1. The van der Waals surface area contributed by atoms with Gasteiger partial charge in [0.25, 0.3) is 0 Å². The number of ether oxygens (including phenoxy) is 2. The average Bonchev–Trinajstić information content (AvgIpc) is 2.54. The van der Waals surface area contributed by atoms with Crippen LogP contribution in [-0.4, -0.2) is 44.0 Å². The van der Waals surface area contributed by atoms with Crippen LogP contribution in [0.1, 0.15) is 18.4 Å². The molecule has 0 aromatic heterocycles. The first-order valence-electron chi connectivity index (χ1n) is 7.22. The van der Waals surface area contributed by atoms with Crippen molar-refractivity contribution in [2.24, 2.45) is 5.92 Å². The zero-order chi connectivity index (χ0) is 15.2. The van der Waals surface area contributed by atoms with Crippen LogP contribution in [0.2, 0.25) is 0 Å². The number of nitrogens with zero attached hydrogens (tertiary/aromatic N) is 1. The maximum Gasteiger partial charge on any atom is 0.226 e. The van der Waals surface area contributed by atoms with Crippen LogP contribution >= 0.6 is 11.6 Å². The van der Waals surface area contributed by atoms with Gasteiger partial charge in [-0.2, -0.15) is 0 Å². The Morgan fingerprint density at radius 2 is 1.90 bits per heavy atom. The van der Waals surface area contributed by atoms with E-state index < -0.39 is 0 Å². The van der Waals surface area contributed by atoms with E-state index in [1.807, 2.05) is 23.1 Å². The summed E-state index contributed by atoms with van der Waals surface area (Å²) in [5, 5.41) is 0. The van der Waals surface area contributed by atoms with E-state index >= 15 is 0 Å². The van der Waals surface area contributed by atoms with Crippen LogP contribution in [0.4, 0.5) is 0 Å². The number of amides is 1. The molecule has 0 atom stereocenters. The summed E-state index contributed by atoms with van der Waals surface area (Å²) >= 11 is 5.87. The highest BCUT2D eigenvalue weighted by Gasteiger charge is 2.22. The average molecular weight is 312 g/mol. The van der Waals surface area contributed by atoms with Crippen molar-refractivity contribution in [2.45, 2.75) is 19.3 Å². The van der Waals surface area contributed by atoms with E-state index in [0.29, 0.717) is 29.7 Å². The lowest BCUT2D eigenvalue weighted by molar-refractivity contribution is -0.131. The Balaban J connectivity index is 1.96. The fourth-order valence-electron chi connectivity index (χ4n) is 2.61. The van der Waals surface area contributed by atoms with E-state index in [2.05, 4.69) is 0 Å². The van der Waals surface area contributed by atoms with Crippen molar-refractivity contribution < 1.29 is 14.3 Å². The minimum Gasteiger partial charge on any atom is -0.493 e. The number of piperidine rings is 1. The maximum absolute atomic E-state index is 12.3. The van der Waals surface area contributed by atoms with Crippen LogP contribution < -0.4 is 9.47 Å². The van der Waals surface area contributed by atoms with Crippen molar-refractivity contribution in [3.05, 3.63) is 23.8 Å². The summed E-state index contributed by atoms with van der Waals surface area (Å²) in [6.45, 7) is 1.62. The van der Waals surface area contributed by atoms with Gasteiger partial charge in [0, 0.05) is 19.0 Å². The Hall–Kier alpha value is -1.42. The summed E-state index contributed by atoms with van der Waals surface area (Å²) in [6.07, 6.45) is 2.40. The summed E-state index contributed by atoms with van der Waals surface area (Å²) in [5.74, 6) is 2.74. The quantitative estimate of drug-likeness (QED) is 0.785. The number of hydrogen-bond acceptors (Lipinski definition) is 3. The second-order valence-electron chi connectivity index (χ2n) is 5.34. The molecule has 1 aliphatic rings. The molecule has 1 heterocycles. The van der Waals surface area contributed by atoms with Crippen molar-refractivity contribution in [1.82, 2.24) is 4.90 Å². The van der Waals surface area contributed by atoms with Gasteiger partial charge in [-0.15, -0.1) is 11.6 Å². The number of benzene rings is 1. The summed E-state index contributed by atoms with van der Waals surface area (Å²) < 4.78 is 10.5. The van der Waals surface area contributed by atoms with Crippen LogP contribution in [0, 0.1) is 5.92 Å². The number of alkyl halides is 1. The van der Waals surface area contributed by atoms with E-state index in [4.69, 9.17) is 21.1 Å². The molecule has 1 amide bonds. The molecule has 116 valence electrons. The SMILES string of the molecule is COc1ccc(CC(=O)N2CCC(CCl)CC2)cc1OC. The Morgan fingerprint density at radius 3 is 2.48 bits per heavy atom. The van der Waals surface area contributed by atoms with Gasteiger partial charge < -0.3 is 14.4 Å². The fourth-order valence-corrected chi connectivity index (χ4v) is 2.92. The molecule has 0 bridgehead atoms. The second kappa shape index (κ2) is 7.55. The van der Waals surface area contributed by atoms with Gasteiger partial charge >= 0.3 is 0 Å². The lowest BCUT2D eigenvalue weighted by Crippen LogP contribution is -2.39. The van der Waals surface area contributed by atoms with Gasteiger partial charge in [0.05, 0.1) is 20.6 Å². The molecule has 0 spiro atoms. The number of carbonyl (C=O) groups is 1. The molecule has 0 radical (unpaired) electrons. The lowest BCUT2D eigenvalue weighted by Gasteiger charge is -2.31. The Morgan fingerprint density at radius 1 is 1.24 bits per heavy atom. The predicted molar refractivity (Wildman–Crippen MR) is 83.3 cm³/mol. The maximum atomic E-state index is 12.3. The fraction of sp³-hybridized carbons (Fsp3) is 0.562. The summed E-state index contributed by atoms with van der Waals surface area (Å²) in [7, 11) is 3.20. The predicted octanol–water partition coefficient (Wildman–Crippen LogP) is 2.72. The molecular formula is C16H22ClNO3. The zero-order valence-corrected chi connectivity index (χ0v) is 13.4. The third-order valence-electron chi connectivity index (χ3n) is 3.99. The topological polar surface area (TPSA) is 38.8 Å². The Bertz CT molecular complexity index is 484. The molecule has 5 heteroatoms. The highest BCUT2D eigenvalue weighted by atomic mass is 35.5. The third kappa shape index (κ3) is 4.03. The monoisotopic (exact) mass is 311 g/mol. The first-order valence-corrected chi connectivity index (χ1v) is 7.76. The van der Waals surface area contributed by atoms with Crippen molar-refractivity contribution in [3.63, 3.8) is 0 Å². The minimum absolute atomic E-state index is 0.162. The standard InChI is InChI=1S/C16H22ClNO3/c1-20-14-4-3-13(9-15(14)21-2)10-16(19)18-7-5-12(11-17)6-8-18/h3-4,9,12H,5-8,10-11H2,1-2H3. The molecule has 4 nitrogen and oxygen atoms in total. The Kier molecular flexibility index (Phi) is 5.74. The molecule has 0 saturated carbocycles. The molecule has 0 aliphatic carbocycles. The van der Waals surface area contributed by atoms with Crippen molar-refractivity contribution >= 4 is 17.5 Å². The van der Waals surface area contributed by atoms with Gasteiger partial charge in [-0.3, -0.25) is 4.79 Å². The van der Waals surface area contributed by atoms with Gasteiger partial charge in [-0.05, 0) is 36.5 Å². The molecule has 1 aliphatic heterocycles. The molecule has 21 heavy (non-hydrogen) atoms. The highest BCUT2D eigenvalue weighted by Crippen LogP contribution is 2.28.